The van der Waals surface area contributed by atoms with E-state index in [2.05, 4.69) is 29.8 Å². The molecule has 0 aliphatic carbocycles. The maximum atomic E-state index is 11.5. The highest BCUT2D eigenvalue weighted by atomic mass is 79.9. The third kappa shape index (κ3) is 3.64. The highest BCUT2D eigenvalue weighted by Gasteiger charge is 2.11. The molecular formula is C17H18BrNO2. The molecule has 21 heavy (non-hydrogen) atoms. The molecule has 2 N–H and O–H groups in total. The van der Waals surface area contributed by atoms with Gasteiger partial charge in [-0.25, -0.2) is 0 Å². The van der Waals surface area contributed by atoms with Gasteiger partial charge in [0.15, 0.2) is 5.78 Å². The molecule has 0 amide bonds. The van der Waals surface area contributed by atoms with Gasteiger partial charge in [-0.2, -0.15) is 0 Å². The summed E-state index contributed by atoms with van der Waals surface area (Å²) in [4.78, 5) is 11.5. The first-order valence-corrected chi connectivity index (χ1v) is 7.55. The lowest BCUT2D eigenvalue weighted by molar-refractivity contribution is 0.101. The smallest absolute Gasteiger partial charge is 0.162 e. The highest BCUT2D eigenvalue weighted by Crippen LogP contribution is 2.33. The van der Waals surface area contributed by atoms with Crippen LogP contribution in [0.15, 0.2) is 40.9 Å². The normalized spacial score (nSPS) is 10.7. The minimum absolute atomic E-state index is 0.0714. The van der Waals surface area contributed by atoms with E-state index in [0.29, 0.717) is 22.9 Å². The molecule has 110 valence electrons. The molecule has 2 rings (SSSR count). The van der Waals surface area contributed by atoms with Crippen LogP contribution in [0, 0.1) is 0 Å². The van der Waals surface area contributed by atoms with Crippen LogP contribution >= 0.6 is 15.9 Å². The van der Waals surface area contributed by atoms with Crippen LogP contribution in [0.25, 0.3) is 0 Å². The fourth-order valence-corrected chi connectivity index (χ4v) is 2.47. The Morgan fingerprint density at radius 1 is 1.19 bits per heavy atom. The van der Waals surface area contributed by atoms with Crippen molar-refractivity contribution in [3.05, 3.63) is 52.0 Å². The van der Waals surface area contributed by atoms with Crippen LogP contribution in [0.3, 0.4) is 0 Å². The third-order valence-electron chi connectivity index (χ3n) is 3.23. The number of nitrogens with two attached hydrogens (primary N) is 1. The average molecular weight is 348 g/mol. The molecule has 0 atom stereocenters. The van der Waals surface area contributed by atoms with Gasteiger partial charge in [-0.1, -0.05) is 29.8 Å². The van der Waals surface area contributed by atoms with Crippen molar-refractivity contribution < 1.29 is 9.53 Å². The van der Waals surface area contributed by atoms with Crippen molar-refractivity contribution in [3.8, 4) is 11.5 Å². The summed E-state index contributed by atoms with van der Waals surface area (Å²) in [7, 11) is 0. The molecule has 2 aromatic carbocycles. The number of anilines is 1. The van der Waals surface area contributed by atoms with Crippen molar-refractivity contribution in [1.29, 1.82) is 0 Å². The monoisotopic (exact) mass is 347 g/mol. The predicted octanol–water partition coefficient (Wildman–Crippen LogP) is 5.15. The van der Waals surface area contributed by atoms with Gasteiger partial charge in [0.2, 0.25) is 0 Å². The lowest BCUT2D eigenvalue weighted by atomic mass is 10.0. The molecule has 4 heteroatoms. The topological polar surface area (TPSA) is 52.3 Å². The summed E-state index contributed by atoms with van der Waals surface area (Å²) in [5.74, 6) is 1.66. The fourth-order valence-electron chi connectivity index (χ4n) is 2.09. The van der Waals surface area contributed by atoms with Crippen molar-refractivity contribution in [2.75, 3.05) is 5.73 Å². The Hall–Kier alpha value is -1.81. The molecule has 0 fully saturated rings. The van der Waals surface area contributed by atoms with Crippen molar-refractivity contribution >= 4 is 27.4 Å². The fraction of sp³-hybridized carbons (Fsp3) is 0.235. The van der Waals surface area contributed by atoms with E-state index in [9.17, 15) is 4.79 Å². The van der Waals surface area contributed by atoms with Crippen LogP contribution < -0.4 is 10.5 Å². The van der Waals surface area contributed by atoms with Crippen LogP contribution in [-0.2, 0) is 0 Å². The predicted molar refractivity (Wildman–Crippen MR) is 89.2 cm³/mol. The molecule has 0 aliphatic rings. The summed E-state index contributed by atoms with van der Waals surface area (Å²) in [6.45, 7) is 5.71. The third-order valence-corrected chi connectivity index (χ3v) is 3.72. The first-order chi connectivity index (χ1) is 9.88. The van der Waals surface area contributed by atoms with Crippen molar-refractivity contribution in [2.45, 2.75) is 26.7 Å². The van der Waals surface area contributed by atoms with Crippen molar-refractivity contribution in [2.24, 2.45) is 0 Å². The van der Waals surface area contributed by atoms with Crippen LogP contribution in [0.4, 0.5) is 5.69 Å². The summed E-state index contributed by atoms with van der Waals surface area (Å²) in [5, 5.41) is 0. The Kier molecular flexibility index (Phi) is 4.68. The lowest BCUT2D eigenvalue weighted by Gasteiger charge is -2.15. The Labute approximate surface area is 133 Å². The zero-order valence-electron chi connectivity index (χ0n) is 12.3. The number of carbonyl (C=O) groups is 1. The molecule has 0 spiro atoms. The van der Waals surface area contributed by atoms with E-state index in [1.807, 2.05) is 18.2 Å². The van der Waals surface area contributed by atoms with Crippen molar-refractivity contribution in [1.82, 2.24) is 0 Å². The Morgan fingerprint density at radius 2 is 1.90 bits per heavy atom. The SMILES string of the molecule is CC(=O)c1cc(Oc2ccc(Br)cc2C(C)C)ccc1N. The Bertz CT molecular complexity index is 680. The van der Waals surface area contributed by atoms with Gasteiger partial charge < -0.3 is 10.5 Å². The molecule has 0 aliphatic heterocycles. The number of rotatable bonds is 4. The number of benzene rings is 2. The second-order valence-electron chi connectivity index (χ2n) is 5.24. The molecule has 0 saturated carbocycles. The largest absolute Gasteiger partial charge is 0.457 e. The van der Waals surface area contributed by atoms with Crippen molar-refractivity contribution in [3.63, 3.8) is 0 Å². The van der Waals surface area contributed by atoms with E-state index in [-0.39, 0.29) is 5.78 Å². The van der Waals surface area contributed by atoms with Gasteiger partial charge in [-0.15, -0.1) is 0 Å². The standard InChI is InChI=1S/C17H18BrNO2/c1-10(2)14-8-12(18)4-7-17(14)21-13-5-6-16(19)15(9-13)11(3)20/h4-10H,19H2,1-3H3. The van der Waals surface area contributed by atoms with E-state index in [1.165, 1.54) is 6.92 Å². The molecule has 0 saturated heterocycles. The van der Waals surface area contributed by atoms with Gasteiger partial charge in [0.05, 0.1) is 0 Å². The van der Waals surface area contributed by atoms with Crippen LogP contribution in [0.2, 0.25) is 0 Å². The van der Waals surface area contributed by atoms with Crippen LogP contribution in [0.1, 0.15) is 42.6 Å². The summed E-state index contributed by atoms with van der Waals surface area (Å²) in [5.41, 5.74) is 7.85. The summed E-state index contributed by atoms with van der Waals surface area (Å²) in [6, 6.07) is 11.1. The van der Waals surface area contributed by atoms with E-state index in [1.54, 1.807) is 18.2 Å². The van der Waals surface area contributed by atoms with Gasteiger partial charge in [0.25, 0.3) is 0 Å². The number of hydrogen-bond donors (Lipinski definition) is 1. The van der Waals surface area contributed by atoms with E-state index in [0.717, 1.165) is 15.8 Å². The molecule has 0 unspecified atom stereocenters. The molecule has 0 bridgehead atoms. The molecule has 2 aromatic rings. The maximum Gasteiger partial charge on any atom is 0.162 e. The minimum Gasteiger partial charge on any atom is -0.457 e. The van der Waals surface area contributed by atoms with Crippen LogP contribution in [0.5, 0.6) is 11.5 Å². The second kappa shape index (κ2) is 6.31. The summed E-state index contributed by atoms with van der Waals surface area (Å²) < 4.78 is 6.96. The first-order valence-electron chi connectivity index (χ1n) is 6.76. The van der Waals surface area contributed by atoms with E-state index < -0.39 is 0 Å². The van der Waals surface area contributed by atoms with E-state index in [4.69, 9.17) is 10.5 Å². The number of nitrogen functional groups attached to an aromatic ring is 1. The van der Waals surface area contributed by atoms with Gasteiger partial charge in [0.1, 0.15) is 11.5 Å². The van der Waals surface area contributed by atoms with E-state index >= 15 is 0 Å². The van der Waals surface area contributed by atoms with Gasteiger partial charge in [-0.3, -0.25) is 4.79 Å². The molecule has 0 radical (unpaired) electrons. The molecular weight excluding hydrogens is 330 g/mol. The first kappa shape index (κ1) is 15.6. The number of hydrogen-bond acceptors (Lipinski definition) is 3. The zero-order valence-corrected chi connectivity index (χ0v) is 13.9. The molecule has 3 nitrogen and oxygen atoms in total. The average Bonchev–Trinajstić information content (AvgIpc) is 2.42. The highest BCUT2D eigenvalue weighted by molar-refractivity contribution is 9.10. The Morgan fingerprint density at radius 3 is 2.52 bits per heavy atom. The number of halogens is 1. The number of ketones is 1. The summed E-state index contributed by atoms with van der Waals surface area (Å²) >= 11 is 3.47. The number of carbonyl (C=O) groups excluding carboxylic acids is 1. The molecule has 0 heterocycles. The molecule has 0 aromatic heterocycles. The number of ether oxygens (including phenoxy) is 1. The zero-order chi connectivity index (χ0) is 15.6. The Balaban J connectivity index is 2.39. The minimum atomic E-state index is -0.0714. The van der Waals surface area contributed by atoms with Gasteiger partial charge in [-0.05, 0) is 54.8 Å². The van der Waals surface area contributed by atoms with Gasteiger partial charge >= 0.3 is 0 Å². The lowest BCUT2D eigenvalue weighted by Crippen LogP contribution is -2.00. The second-order valence-corrected chi connectivity index (χ2v) is 6.16. The maximum absolute atomic E-state index is 11.5. The summed E-state index contributed by atoms with van der Waals surface area (Å²) in [6.07, 6.45) is 0. The van der Waals surface area contributed by atoms with Crippen LogP contribution in [-0.4, -0.2) is 5.78 Å². The van der Waals surface area contributed by atoms with Gasteiger partial charge in [0, 0.05) is 15.7 Å². The number of Topliss-reactive ketones (excluding diaryl/α,β-unsaturated/α-hetero) is 1. The quantitative estimate of drug-likeness (QED) is 0.614.